The fourth-order valence-corrected chi connectivity index (χ4v) is 2.87. The quantitative estimate of drug-likeness (QED) is 0.905. The fraction of sp³-hybridized carbons (Fsp3) is 0.278. The Bertz CT molecular complexity index is 723. The number of carbonyl (C=O) groups is 1. The number of nitrogens with zero attached hydrogens (tertiary/aromatic N) is 1. The molecule has 2 atom stereocenters. The van der Waals surface area contributed by atoms with Gasteiger partial charge in [0.05, 0.1) is 0 Å². The molecule has 0 saturated carbocycles. The Hall–Kier alpha value is -2.31. The van der Waals surface area contributed by atoms with E-state index in [-0.39, 0.29) is 30.1 Å². The summed E-state index contributed by atoms with van der Waals surface area (Å²) in [5.74, 6) is -1.41. The van der Waals surface area contributed by atoms with Gasteiger partial charge in [-0.2, -0.15) is 0 Å². The van der Waals surface area contributed by atoms with Gasteiger partial charge in [0.2, 0.25) is 5.91 Å². The topological polar surface area (TPSA) is 44.4 Å². The zero-order valence-corrected chi connectivity index (χ0v) is 13.3. The fourth-order valence-electron chi connectivity index (χ4n) is 2.87. The van der Waals surface area contributed by atoms with Crippen LogP contribution in [0.1, 0.15) is 23.6 Å². The van der Waals surface area contributed by atoms with Crippen LogP contribution in [0.25, 0.3) is 0 Å². The number of carbonyl (C=O) groups excluding carboxylic acids is 1. The van der Waals surface area contributed by atoms with Gasteiger partial charge in [-0.05, 0) is 18.1 Å². The van der Waals surface area contributed by atoms with Crippen molar-refractivity contribution in [2.45, 2.75) is 25.0 Å². The Morgan fingerprint density at radius 1 is 1.17 bits per heavy atom. The van der Waals surface area contributed by atoms with Gasteiger partial charge in [-0.25, -0.2) is 19.6 Å². The predicted octanol–water partition coefficient (Wildman–Crippen LogP) is 2.53. The molecule has 0 bridgehead atoms. The van der Waals surface area contributed by atoms with E-state index in [1.54, 1.807) is 7.05 Å². The Kier molecular flexibility index (Phi) is 4.87. The molecule has 24 heavy (non-hydrogen) atoms. The zero-order valence-electron chi connectivity index (χ0n) is 13.3. The normalized spacial score (nSPS) is 20.1. The lowest BCUT2D eigenvalue weighted by Gasteiger charge is -2.21. The van der Waals surface area contributed by atoms with Crippen LogP contribution < -0.4 is 10.9 Å². The largest absolute Gasteiger partial charge is 0.340 e. The Morgan fingerprint density at radius 2 is 1.92 bits per heavy atom. The molecule has 1 fully saturated rings. The van der Waals surface area contributed by atoms with Crippen molar-refractivity contribution >= 4 is 5.91 Å². The summed E-state index contributed by atoms with van der Waals surface area (Å²) in [7, 11) is 1.61. The second-order valence-corrected chi connectivity index (χ2v) is 5.97. The summed E-state index contributed by atoms with van der Waals surface area (Å²) < 4.78 is 26.7. The highest BCUT2D eigenvalue weighted by Crippen LogP contribution is 2.23. The molecule has 1 saturated heterocycles. The maximum Gasteiger partial charge on any atom is 0.241 e. The van der Waals surface area contributed by atoms with E-state index in [4.69, 9.17) is 0 Å². The number of benzene rings is 2. The summed E-state index contributed by atoms with van der Waals surface area (Å²) >= 11 is 0. The molecule has 1 heterocycles. The minimum atomic E-state index is -0.644. The number of halogens is 2. The maximum atomic E-state index is 13.7. The van der Waals surface area contributed by atoms with Gasteiger partial charge in [-0.3, -0.25) is 4.79 Å². The second kappa shape index (κ2) is 7.07. The van der Waals surface area contributed by atoms with Crippen molar-refractivity contribution < 1.29 is 13.6 Å². The van der Waals surface area contributed by atoms with E-state index in [2.05, 4.69) is 10.9 Å². The first-order chi connectivity index (χ1) is 11.5. The molecule has 1 aliphatic rings. The predicted molar refractivity (Wildman–Crippen MR) is 86.7 cm³/mol. The highest BCUT2D eigenvalue weighted by Gasteiger charge is 2.31. The first kappa shape index (κ1) is 16.5. The van der Waals surface area contributed by atoms with Crippen LogP contribution in [0.2, 0.25) is 0 Å². The lowest BCUT2D eigenvalue weighted by atomic mass is 10.0. The SMILES string of the molecule is CN(Cc1ccc(F)cc1F)C(=O)C1CC(c2ccccc2)NN1. The number of hydrazine groups is 1. The van der Waals surface area contributed by atoms with Crippen molar-refractivity contribution in [2.24, 2.45) is 0 Å². The van der Waals surface area contributed by atoms with Crippen LogP contribution in [0.5, 0.6) is 0 Å². The molecule has 4 nitrogen and oxygen atoms in total. The molecule has 6 heteroatoms. The van der Waals surface area contributed by atoms with E-state index in [1.807, 2.05) is 30.3 Å². The van der Waals surface area contributed by atoms with Crippen LogP contribution in [-0.4, -0.2) is 23.9 Å². The molecule has 1 aliphatic heterocycles. The van der Waals surface area contributed by atoms with Crippen molar-refractivity contribution in [1.29, 1.82) is 0 Å². The van der Waals surface area contributed by atoms with Crippen LogP contribution in [0, 0.1) is 11.6 Å². The zero-order chi connectivity index (χ0) is 17.1. The molecule has 1 amide bonds. The van der Waals surface area contributed by atoms with Gasteiger partial charge < -0.3 is 4.90 Å². The van der Waals surface area contributed by atoms with E-state index in [9.17, 15) is 13.6 Å². The first-order valence-corrected chi connectivity index (χ1v) is 7.79. The summed E-state index contributed by atoms with van der Waals surface area (Å²) in [6.07, 6.45) is 0.610. The third-order valence-corrected chi connectivity index (χ3v) is 4.20. The third-order valence-electron chi connectivity index (χ3n) is 4.20. The van der Waals surface area contributed by atoms with E-state index >= 15 is 0 Å². The van der Waals surface area contributed by atoms with Gasteiger partial charge >= 0.3 is 0 Å². The summed E-state index contributed by atoms with van der Waals surface area (Å²) in [5.41, 5.74) is 7.51. The average molecular weight is 331 g/mol. The maximum absolute atomic E-state index is 13.7. The first-order valence-electron chi connectivity index (χ1n) is 7.79. The molecule has 0 spiro atoms. The molecule has 2 N–H and O–H groups in total. The van der Waals surface area contributed by atoms with Crippen molar-refractivity contribution in [3.05, 3.63) is 71.3 Å². The van der Waals surface area contributed by atoms with Gasteiger partial charge in [0, 0.05) is 31.3 Å². The molecule has 3 rings (SSSR count). The number of hydrogen-bond acceptors (Lipinski definition) is 3. The summed E-state index contributed by atoms with van der Waals surface area (Å²) in [4.78, 5) is 14.0. The van der Waals surface area contributed by atoms with Gasteiger partial charge in [0.15, 0.2) is 0 Å². The highest BCUT2D eigenvalue weighted by molar-refractivity contribution is 5.82. The highest BCUT2D eigenvalue weighted by atomic mass is 19.1. The van der Waals surface area contributed by atoms with Crippen LogP contribution in [0.15, 0.2) is 48.5 Å². The molecular formula is C18H19F2N3O. The second-order valence-electron chi connectivity index (χ2n) is 5.97. The minimum absolute atomic E-state index is 0.0520. The van der Waals surface area contributed by atoms with Crippen LogP contribution in [-0.2, 0) is 11.3 Å². The minimum Gasteiger partial charge on any atom is -0.340 e. The van der Waals surface area contributed by atoms with Gasteiger partial charge in [0.1, 0.15) is 17.7 Å². The molecule has 126 valence electrons. The van der Waals surface area contributed by atoms with E-state index in [1.165, 1.54) is 17.0 Å². The summed E-state index contributed by atoms with van der Waals surface area (Å²) in [6.45, 7) is 0.0964. The van der Waals surface area contributed by atoms with Crippen LogP contribution >= 0.6 is 0 Å². The van der Waals surface area contributed by atoms with E-state index in [0.29, 0.717) is 6.42 Å². The molecule has 0 aromatic heterocycles. The standard InChI is InChI=1S/C18H19F2N3O/c1-23(11-13-7-8-14(19)9-15(13)20)18(24)17-10-16(21-22-17)12-5-3-2-4-6-12/h2-9,16-17,21-22H,10-11H2,1H3. The van der Waals surface area contributed by atoms with Gasteiger partial charge in [0.25, 0.3) is 0 Å². The molecule has 0 radical (unpaired) electrons. The number of hydrogen-bond donors (Lipinski definition) is 2. The van der Waals surface area contributed by atoms with Crippen molar-refractivity contribution in [1.82, 2.24) is 15.8 Å². The monoisotopic (exact) mass is 331 g/mol. The number of likely N-dealkylation sites (N-methyl/N-ethyl adjacent to an activating group) is 1. The molecule has 2 aromatic rings. The van der Waals surface area contributed by atoms with E-state index < -0.39 is 11.6 Å². The molecular weight excluding hydrogens is 312 g/mol. The Morgan fingerprint density at radius 3 is 2.62 bits per heavy atom. The number of rotatable bonds is 4. The third kappa shape index (κ3) is 3.60. The summed E-state index contributed by atoms with van der Waals surface area (Å²) in [6, 6.07) is 12.9. The van der Waals surface area contributed by atoms with Crippen molar-refractivity contribution in [3.8, 4) is 0 Å². The van der Waals surface area contributed by atoms with Gasteiger partial charge in [-0.1, -0.05) is 36.4 Å². The smallest absolute Gasteiger partial charge is 0.241 e. The summed E-state index contributed by atoms with van der Waals surface area (Å²) in [5, 5.41) is 0. The molecule has 2 aromatic carbocycles. The van der Waals surface area contributed by atoms with Gasteiger partial charge in [-0.15, -0.1) is 0 Å². The number of amides is 1. The van der Waals surface area contributed by atoms with E-state index in [0.717, 1.165) is 11.6 Å². The van der Waals surface area contributed by atoms with Crippen LogP contribution in [0.3, 0.4) is 0 Å². The molecule has 0 aliphatic carbocycles. The average Bonchev–Trinajstić information content (AvgIpc) is 3.07. The lowest BCUT2D eigenvalue weighted by molar-refractivity contribution is -0.132. The van der Waals surface area contributed by atoms with Crippen LogP contribution in [0.4, 0.5) is 8.78 Å². The Balaban J connectivity index is 1.62. The van der Waals surface area contributed by atoms with Crippen molar-refractivity contribution in [2.75, 3.05) is 7.05 Å². The number of nitrogens with one attached hydrogen (secondary N) is 2. The van der Waals surface area contributed by atoms with Crippen molar-refractivity contribution in [3.63, 3.8) is 0 Å². The lowest BCUT2D eigenvalue weighted by Crippen LogP contribution is -2.43. The molecule has 2 unspecified atom stereocenters. The Labute approximate surface area is 139 Å².